The largest absolute Gasteiger partial charge is 0.647 e. The van der Waals surface area contributed by atoms with Crippen LogP contribution in [0.2, 0.25) is 0 Å². The number of benzene rings is 3. The fourth-order valence-corrected chi connectivity index (χ4v) is 4.87. The first-order valence-corrected chi connectivity index (χ1v) is 11.6. The Morgan fingerprint density at radius 1 is 0.633 bits per heavy atom. The van der Waals surface area contributed by atoms with E-state index in [0.29, 0.717) is 17.2 Å². The second kappa shape index (κ2) is 8.97. The maximum absolute atomic E-state index is 14.0. The molecule has 5 heteroatoms. The van der Waals surface area contributed by atoms with E-state index in [1.165, 1.54) is 0 Å². The van der Waals surface area contributed by atoms with Crippen LogP contribution in [0.25, 0.3) is 0 Å². The molecule has 0 amide bonds. The van der Waals surface area contributed by atoms with Gasteiger partial charge in [0.15, 0.2) is 0 Å². The summed E-state index contributed by atoms with van der Waals surface area (Å²) in [6, 6.07) is 19.1. The molecule has 0 radical (unpaired) electrons. The topological polar surface area (TPSA) is 44.8 Å². The normalized spacial score (nSPS) is 11.4. The summed E-state index contributed by atoms with van der Waals surface area (Å²) in [7, 11) is -4.06. The molecule has 0 saturated heterocycles. The van der Waals surface area contributed by atoms with E-state index in [2.05, 4.69) is 13.8 Å². The number of rotatable bonds is 7. The van der Waals surface area contributed by atoms with E-state index in [-0.39, 0.29) is 5.92 Å². The van der Waals surface area contributed by atoms with Crippen LogP contribution in [0.4, 0.5) is 0 Å². The Morgan fingerprint density at radius 2 is 1.07 bits per heavy atom. The summed E-state index contributed by atoms with van der Waals surface area (Å²) in [6.45, 7) is 11.8. The Bertz CT molecular complexity index is 990. The average Bonchev–Trinajstić information content (AvgIpc) is 2.68. The first kappa shape index (κ1) is 22.0. The lowest BCUT2D eigenvalue weighted by atomic mass is 10.0. The molecule has 3 aromatic carbocycles. The molecule has 0 heterocycles. The van der Waals surface area contributed by atoms with Gasteiger partial charge in [0.05, 0.1) is 0 Å². The van der Waals surface area contributed by atoms with Gasteiger partial charge in [0, 0.05) is 0 Å². The van der Waals surface area contributed by atoms with Crippen molar-refractivity contribution in [2.75, 3.05) is 0 Å². The molecule has 0 aromatic heterocycles. The zero-order valence-corrected chi connectivity index (χ0v) is 19.3. The van der Waals surface area contributed by atoms with Crippen molar-refractivity contribution in [3.63, 3.8) is 0 Å². The van der Waals surface area contributed by atoms with E-state index in [0.717, 1.165) is 27.8 Å². The Hall–Kier alpha value is -2.71. The van der Waals surface area contributed by atoms with Gasteiger partial charge in [-0.2, -0.15) is 4.57 Å². The standard InChI is InChI=1S/C25H29O4P/c1-17(2)22-15-7-8-16-23(22)27-30(26,28-24-18(3)11-9-12-19(24)4)29-25-20(5)13-10-14-21(25)6/h7-17H,1-6H3. The molecule has 0 fully saturated rings. The third-order valence-corrected chi connectivity index (χ3v) is 6.21. The fourth-order valence-electron chi connectivity index (χ4n) is 3.33. The lowest BCUT2D eigenvalue weighted by Gasteiger charge is -2.24. The minimum absolute atomic E-state index is 0.190. The van der Waals surface area contributed by atoms with Crippen LogP contribution in [0.15, 0.2) is 60.7 Å². The number of phosphoric ester groups is 1. The van der Waals surface area contributed by atoms with E-state index in [4.69, 9.17) is 13.6 Å². The SMILES string of the molecule is Cc1cccc(C)c1OP(=O)(Oc1ccccc1C(C)C)Oc1c(C)cccc1C. The van der Waals surface area contributed by atoms with Gasteiger partial charge in [-0.1, -0.05) is 68.4 Å². The highest BCUT2D eigenvalue weighted by Gasteiger charge is 2.36. The number of aryl methyl sites for hydroxylation is 4. The second-order valence-corrected chi connectivity index (χ2v) is 9.30. The summed E-state index contributed by atoms with van der Waals surface area (Å²) in [5.74, 6) is 1.70. The van der Waals surface area contributed by atoms with Crippen LogP contribution in [0.5, 0.6) is 17.2 Å². The molecule has 158 valence electrons. The van der Waals surface area contributed by atoms with Crippen LogP contribution in [0.3, 0.4) is 0 Å². The molecule has 4 nitrogen and oxygen atoms in total. The molecule has 0 aliphatic carbocycles. The van der Waals surface area contributed by atoms with Crippen molar-refractivity contribution in [3.05, 3.63) is 88.5 Å². The van der Waals surface area contributed by atoms with E-state index in [1.54, 1.807) is 6.07 Å². The average molecular weight is 424 g/mol. The van der Waals surface area contributed by atoms with Crippen LogP contribution < -0.4 is 13.6 Å². The maximum atomic E-state index is 14.0. The molecule has 0 spiro atoms. The summed E-state index contributed by atoms with van der Waals surface area (Å²) < 4.78 is 32.1. The summed E-state index contributed by atoms with van der Waals surface area (Å²) in [5, 5.41) is 0. The van der Waals surface area contributed by atoms with Gasteiger partial charge in [0.1, 0.15) is 17.2 Å². The number of hydrogen-bond donors (Lipinski definition) is 0. The van der Waals surface area contributed by atoms with Crippen LogP contribution in [-0.4, -0.2) is 0 Å². The van der Waals surface area contributed by atoms with Crippen LogP contribution >= 0.6 is 7.82 Å². The van der Waals surface area contributed by atoms with Crippen molar-refractivity contribution in [1.82, 2.24) is 0 Å². The molecule has 3 aromatic rings. The zero-order valence-electron chi connectivity index (χ0n) is 18.4. The van der Waals surface area contributed by atoms with E-state index in [9.17, 15) is 4.57 Å². The van der Waals surface area contributed by atoms with Crippen molar-refractivity contribution in [2.24, 2.45) is 0 Å². The molecular weight excluding hydrogens is 395 g/mol. The summed E-state index contributed by atoms with van der Waals surface area (Å²) in [4.78, 5) is 0. The molecular formula is C25H29O4P. The van der Waals surface area contributed by atoms with E-state index >= 15 is 0 Å². The monoisotopic (exact) mass is 424 g/mol. The van der Waals surface area contributed by atoms with Gasteiger partial charge in [0.2, 0.25) is 0 Å². The Balaban J connectivity index is 2.08. The molecule has 0 N–H and O–H groups in total. The highest BCUT2D eigenvalue weighted by atomic mass is 31.2. The maximum Gasteiger partial charge on any atom is 0.647 e. The molecule has 0 aliphatic rings. The highest BCUT2D eigenvalue weighted by molar-refractivity contribution is 7.49. The lowest BCUT2D eigenvalue weighted by molar-refractivity contribution is 0.294. The predicted molar refractivity (Wildman–Crippen MR) is 122 cm³/mol. The van der Waals surface area contributed by atoms with Gasteiger partial charge < -0.3 is 13.6 Å². The Morgan fingerprint density at radius 3 is 1.50 bits per heavy atom. The molecule has 0 bridgehead atoms. The quantitative estimate of drug-likeness (QED) is 0.365. The van der Waals surface area contributed by atoms with Gasteiger partial charge >= 0.3 is 7.82 Å². The third-order valence-electron chi connectivity index (χ3n) is 4.97. The number of para-hydroxylation sites is 3. The first-order chi connectivity index (χ1) is 14.2. The minimum atomic E-state index is -4.06. The van der Waals surface area contributed by atoms with Crippen LogP contribution in [0, 0.1) is 27.7 Å². The van der Waals surface area contributed by atoms with Crippen molar-refractivity contribution in [3.8, 4) is 17.2 Å². The van der Waals surface area contributed by atoms with Gasteiger partial charge in [-0.15, -0.1) is 0 Å². The minimum Gasteiger partial charge on any atom is -0.386 e. The molecule has 30 heavy (non-hydrogen) atoms. The van der Waals surface area contributed by atoms with Crippen molar-refractivity contribution in [2.45, 2.75) is 47.5 Å². The molecule has 0 unspecified atom stereocenters. The van der Waals surface area contributed by atoms with Gasteiger partial charge in [-0.05, 0) is 67.5 Å². The van der Waals surface area contributed by atoms with Crippen molar-refractivity contribution >= 4 is 7.82 Å². The van der Waals surface area contributed by atoms with Gasteiger partial charge in [-0.25, -0.2) is 0 Å². The highest BCUT2D eigenvalue weighted by Crippen LogP contribution is 2.53. The molecule has 3 rings (SSSR count). The smallest absolute Gasteiger partial charge is 0.386 e. The predicted octanol–water partition coefficient (Wildman–Crippen LogP) is 7.69. The van der Waals surface area contributed by atoms with Gasteiger partial charge in [0.25, 0.3) is 0 Å². The van der Waals surface area contributed by atoms with Crippen molar-refractivity contribution < 1.29 is 18.1 Å². The molecule has 0 aliphatic heterocycles. The first-order valence-electron chi connectivity index (χ1n) is 10.1. The second-order valence-electron chi connectivity index (χ2n) is 7.86. The number of phosphoric acid groups is 1. The Kier molecular flexibility index (Phi) is 6.58. The van der Waals surface area contributed by atoms with Crippen LogP contribution in [-0.2, 0) is 4.57 Å². The Labute approximate surface area is 179 Å². The molecule has 0 atom stereocenters. The zero-order chi connectivity index (χ0) is 21.9. The van der Waals surface area contributed by atoms with Crippen LogP contribution in [0.1, 0.15) is 47.6 Å². The number of hydrogen-bond acceptors (Lipinski definition) is 4. The molecule has 0 saturated carbocycles. The van der Waals surface area contributed by atoms with Crippen molar-refractivity contribution in [1.29, 1.82) is 0 Å². The summed E-state index contributed by atoms with van der Waals surface area (Å²) >= 11 is 0. The fraction of sp³-hybridized carbons (Fsp3) is 0.280. The van der Waals surface area contributed by atoms with Gasteiger partial charge in [-0.3, -0.25) is 0 Å². The summed E-state index contributed by atoms with van der Waals surface area (Å²) in [6.07, 6.45) is 0. The van der Waals surface area contributed by atoms with E-state index < -0.39 is 7.82 Å². The summed E-state index contributed by atoms with van der Waals surface area (Å²) in [5.41, 5.74) is 4.39. The lowest BCUT2D eigenvalue weighted by Crippen LogP contribution is -2.11. The third kappa shape index (κ3) is 4.88. The van der Waals surface area contributed by atoms with E-state index in [1.807, 2.05) is 82.3 Å².